The lowest BCUT2D eigenvalue weighted by molar-refractivity contribution is -0.285. The molecule has 5 atom stereocenters. The van der Waals surface area contributed by atoms with Crippen molar-refractivity contribution in [3.05, 3.63) is 59.2 Å². The Morgan fingerprint density at radius 3 is 2.37 bits per heavy atom. The number of aliphatic hydroxyl groups is 4. The highest BCUT2D eigenvalue weighted by Crippen LogP contribution is 2.31. The molecule has 0 saturated carbocycles. The van der Waals surface area contributed by atoms with E-state index < -0.39 is 49.0 Å². The zero-order chi connectivity index (χ0) is 21.8. The summed E-state index contributed by atoms with van der Waals surface area (Å²) in [7, 11) is 0. The topological polar surface area (TPSA) is 157 Å². The first-order chi connectivity index (χ1) is 14.3. The lowest BCUT2D eigenvalue weighted by atomic mass is 9.99. The third-order valence-corrected chi connectivity index (χ3v) is 4.66. The van der Waals surface area contributed by atoms with Gasteiger partial charge >= 0.3 is 5.97 Å². The molecule has 1 aliphatic heterocycles. The van der Waals surface area contributed by atoms with Gasteiger partial charge in [-0.2, -0.15) is 0 Å². The van der Waals surface area contributed by atoms with Crippen LogP contribution in [0.2, 0.25) is 0 Å². The molecule has 0 amide bonds. The predicted octanol–water partition coefficient (Wildman–Crippen LogP) is 0.225. The predicted molar refractivity (Wildman–Crippen MR) is 104 cm³/mol. The quantitative estimate of drug-likeness (QED) is 0.295. The molecule has 0 spiro atoms. The van der Waals surface area contributed by atoms with Crippen LogP contribution in [0.5, 0.6) is 11.5 Å². The molecule has 1 heterocycles. The van der Waals surface area contributed by atoms with Crippen LogP contribution in [0, 0.1) is 0 Å². The highest BCUT2D eigenvalue weighted by Gasteiger charge is 2.45. The average Bonchev–Trinajstić information content (AvgIpc) is 2.72. The second-order valence-corrected chi connectivity index (χ2v) is 6.78. The number of hydrogen-bond donors (Lipinski definition) is 6. The highest BCUT2D eigenvalue weighted by atomic mass is 16.7. The number of phenolic OH excluding ortho intramolecular Hbond substituents is 2. The molecule has 2 aromatic rings. The number of esters is 1. The van der Waals surface area contributed by atoms with E-state index in [1.165, 1.54) is 12.1 Å². The Morgan fingerprint density at radius 2 is 1.70 bits per heavy atom. The molecule has 0 aromatic heterocycles. The highest BCUT2D eigenvalue weighted by molar-refractivity contribution is 5.98. The molecule has 0 unspecified atom stereocenters. The fourth-order valence-corrected chi connectivity index (χ4v) is 3.07. The van der Waals surface area contributed by atoms with Gasteiger partial charge < -0.3 is 40.1 Å². The molecule has 1 fully saturated rings. The van der Waals surface area contributed by atoms with Gasteiger partial charge in [0.05, 0.1) is 6.61 Å². The molecule has 1 saturated heterocycles. The van der Waals surface area contributed by atoms with Crippen molar-refractivity contribution in [2.75, 3.05) is 6.61 Å². The van der Waals surface area contributed by atoms with Crippen molar-refractivity contribution in [3.8, 4) is 11.5 Å². The largest absolute Gasteiger partial charge is 0.508 e. The molecule has 6 N–H and O–H groups in total. The average molecular weight is 418 g/mol. The molecule has 9 heteroatoms. The number of rotatable bonds is 5. The smallest absolute Gasteiger partial charge is 0.344 e. The van der Waals surface area contributed by atoms with Gasteiger partial charge in [-0.25, -0.2) is 4.79 Å². The zero-order valence-corrected chi connectivity index (χ0v) is 15.7. The number of carbonyl (C=O) groups is 1. The van der Waals surface area contributed by atoms with Crippen molar-refractivity contribution in [2.24, 2.45) is 0 Å². The van der Waals surface area contributed by atoms with Crippen LogP contribution in [0.25, 0.3) is 12.2 Å². The molecule has 160 valence electrons. The normalized spacial score (nSPS) is 26.6. The van der Waals surface area contributed by atoms with Crippen LogP contribution in [0.4, 0.5) is 0 Å². The Kier molecular flexibility index (Phi) is 6.70. The maximum Gasteiger partial charge on any atom is 0.344 e. The van der Waals surface area contributed by atoms with E-state index in [4.69, 9.17) is 9.47 Å². The fraction of sp³-hybridized carbons (Fsp3) is 0.286. The van der Waals surface area contributed by atoms with Crippen LogP contribution in [0.1, 0.15) is 21.5 Å². The van der Waals surface area contributed by atoms with E-state index in [1.54, 1.807) is 6.08 Å². The SMILES string of the molecule is O=C(O[C@H]1O[C@@H](CO)[C@@H](O)[C@H](O)[C@@H]1O)c1c(O)cc(O)cc1C=Cc1ccccc1. The van der Waals surface area contributed by atoms with Crippen LogP contribution in [0.3, 0.4) is 0 Å². The van der Waals surface area contributed by atoms with Gasteiger partial charge in [-0.05, 0) is 17.2 Å². The lowest BCUT2D eigenvalue weighted by Gasteiger charge is -2.39. The molecular weight excluding hydrogens is 396 g/mol. The summed E-state index contributed by atoms with van der Waals surface area (Å²) in [6.07, 6.45) is -4.93. The maximum atomic E-state index is 12.7. The van der Waals surface area contributed by atoms with Gasteiger partial charge in [0.1, 0.15) is 41.5 Å². The Balaban J connectivity index is 1.87. The van der Waals surface area contributed by atoms with Gasteiger partial charge in [-0.3, -0.25) is 0 Å². The van der Waals surface area contributed by atoms with Crippen LogP contribution in [-0.2, 0) is 9.47 Å². The van der Waals surface area contributed by atoms with Crippen molar-refractivity contribution in [1.82, 2.24) is 0 Å². The van der Waals surface area contributed by atoms with Crippen molar-refractivity contribution in [1.29, 1.82) is 0 Å². The van der Waals surface area contributed by atoms with Crippen molar-refractivity contribution < 1.29 is 44.9 Å². The number of aromatic hydroxyl groups is 2. The monoisotopic (exact) mass is 418 g/mol. The molecular formula is C21H22O9. The van der Waals surface area contributed by atoms with Crippen molar-refractivity contribution >= 4 is 18.1 Å². The standard InChI is InChI=1S/C21H22O9/c22-10-15-17(25)18(26)19(27)21(29-15)30-20(28)16-12(8-13(23)9-14(16)24)7-6-11-4-2-1-3-5-11/h1-9,15,17-19,21-27H,10H2/t15-,17+,18-,19-,21+/m0/s1. The summed E-state index contributed by atoms with van der Waals surface area (Å²) in [4.78, 5) is 12.7. The van der Waals surface area contributed by atoms with Crippen LogP contribution >= 0.6 is 0 Å². The molecule has 0 bridgehead atoms. The van der Waals surface area contributed by atoms with E-state index in [1.807, 2.05) is 30.3 Å². The first-order valence-electron chi connectivity index (χ1n) is 9.12. The maximum absolute atomic E-state index is 12.7. The van der Waals surface area contributed by atoms with E-state index in [2.05, 4.69) is 0 Å². The second kappa shape index (κ2) is 9.24. The number of phenols is 2. The van der Waals surface area contributed by atoms with Crippen LogP contribution in [0.15, 0.2) is 42.5 Å². The summed E-state index contributed by atoms with van der Waals surface area (Å²) >= 11 is 0. The number of carbonyl (C=O) groups excluding carboxylic acids is 1. The fourth-order valence-electron chi connectivity index (χ4n) is 3.07. The summed E-state index contributed by atoms with van der Waals surface area (Å²) in [5, 5.41) is 58.9. The van der Waals surface area contributed by atoms with Gasteiger partial charge in [-0.1, -0.05) is 42.5 Å². The Morgan fingerprint density at radius 1 is 1.00 bits per heavy atom. The summed E-state index contributed by atoms with van der Waals surface area (Å²) in [5.41, 5.74) is 0.622. The van der Waals surface area contributed by atoms with Gasteiger partial charge in [0.2, 0.25) is 6.29 Å². The van der Waals surface area contributed by atoms with E-state index >= 15 is 0 Å². The Labute approximate surface area is 171 Å². The van der Waals surface area contributed by atoms with Crippen molar-refractivity contribution in [2.45, 2.75) is 30.7 Å². The number of hydrogen-bond acceptors (Lipinski definition) is 9. The van der Waals surface area contributed by atoms with Gasteiger partial charge in [0.25, 0.3) is 0 Å². The Bertz CT molecular complexity index is 910. The molecule has 3 rings (SSSR count). The van der Waals surface area contributed by atoms with Crippen molar-refractivity contribution in [3.63, 3.8) is 0 Å². The molecule has 9 nitrogen and oxygen atoms in total. The minimum atomic E-state index is -1.78. The van der Waals surface area contributed by atoms with Crippen LogP contribution in [-0.4, -0.2) is 73.9 Å². The minimum Gasteiger partial charge on any atom is -0.508 e. The van der Waals surface area contributed by atoms with Gasteiger partial charge in [-0.15, -0.1) is 0 Å². The minimum absolute atomic E-state index is 0.131. The molecule has 0 aliphatic carbocycles. The first-order valence-corrected chi connectivity index (χ1v) is 9.12. The summed E-state index contributed by atoms with van der Waals surface area (Å²) in [6.45, 7) is -0.686. The number of benzene rings is 2. The van der Waals surface area contributed by atoms with E-state index in [0.29, 0.717) is 0 Å². The molecule has 30 heavy (non-hydrogen) atoms. The van der Waals surface area contributed by atoms with E-state index in [-0.39, 0.29) is 16.9 Å². The van der Waals surface area contributed by atoms with E-state index in [0.717, 1.165) is 11.6 Å². The number of aliphatic hydroxyl groups excluding tert-OH is 4. The summed E-state index contributed by atoms with van der Waals surface area (Å²) < 4.78 is 10.2. The number of ether oxygens (including phenoxy) is 2. The summed E-state index contributed by atoms with van der Waals surface area (Å²) in [5.74, 6) is -1.97. The zero-order valence-electron chi connectivity index (χ0n) is 15.7. The lowest BCUT2D eigenvalue weighted by Crippen LogP contribution is -2.59. The third-order valence-electron chi connectivity index (χ3n) is 4.66. The first kappa shape index (κ1) is 21.8. The molecule has 2 aromatic carbocycles. The molecule has 0 radical (unpaired) electrons. The van der Waals surface area contributed by atoms with Gasteiger partial charge in [0.15, 0.2) is 0 Å². The summed E-state index contributed by atoms with van der Waals surface area (Å²) in [6, 6.07) is 11.3. The van der Waals surface area contributed by atoms with Gasteiger partial charge in [0, 0.05) is 6.07 Å². The second-order valence-electron chi connectivity index (χ2n) is 6.78. The van der Waals surface area contributed by atoms with Crippen LogP contribution < -0.4 is 0 Å². The molecule has 1 aliphatic rings. The third kappa shape index (κ3) is 4.61. The van der Waals surface area contributed by atoms with E-state index in [9.17, 15) is 35.4 Å². The Hall–Kier alpha value is -2.95.